The van der Waals surface area contributed by atoms with Gasteiger partial charge in [-0.2, -0.15) is 0 Å². The van der Waals surface area contributed by atoms with Gasteiger partial charge in [-0.25, -0.2) is 9.18 Å². The van der Waals surface area contributed by atoms with Gasteiger partial charge >= 0.3 is 13.1 Å². The normalized spacial score (nSPS) is 19.3. The molecule has 0 bridgehead atoms. The molecule has 4 nitrogen and oxygen atoms in total. The first-order chi connectivity index (χ1) is 10.6. The average Bonchev–Trinajstić information content (AvgIpc) is 2.67. The highest BCUT2D eigenvalue weighted by Gasteiger charge is 2.52. The Kier molecular flexibility index (Phi) is 3.50. The van der Waals surface area contributed by atoms with E-state index in [1.807, 2.05) is 27.7 Å². The average molecular weight is 316 g/mol. The number of halogens is 1. The lowest BCUT2D eigenvalue weighted by Gasteiger charge is -2.32. The molecule has 2 aromatic rings. The Morgan fingerprint density at radius 1 is 1.09 bits per heavy atom. The summed E-state index contributed by atoms with van der Waals surface area (Å²) in [6.07, 6.45) is 0. The van der Waals surface area contributed by atoms with Gasteiger partial charge in [0.15, 0.2) is 0 Å². The number of rotatable bonds is 2. The molecule has 0 aliphatic carbocycles. The van der Waals surface area contributed by atoms with Gasteiger partial charge in [-0.05, 0) is 45.2 Å². The number of fused-ring (bicyclic) bond motifs is 1. The van der Waals surface area contributed by atoms with Gasteiger partial charge in [0.05, 0.1) is 16.8 Å². The van der Waals surface area contributed by atoms with Gasteiger partial charge in [0.2, 0.25) is 0 Å². The second kappa shape index (κ2) is 5.04. The van der Waals surface area contributed by atoms with Crippen LogP contribution in [0.3, 0.4) is 0 Å². The zero-order valence-corrected chi connectivity index (χ0v) is 13.5. The van der Waals surface area contributed by atoms with Crippen LogP contribution in [-0.4, -0.2) is 29.4 Å². The van der Waals surface area contributed by atoms with Crippen molar-refractivity contribution in [2.24, 2.45) is 0 Å². The number of carboxylic acid groups (broad SMARTS) is 1. The molecular formula is C17H18BFO4. The van der Waals surface area contributed by atoms with E-state index >= 15 is 0 Å². The molecule has 0 atom stereocenters. The molecule has 0 radical (unpaired) electrons. The number of benzene rings is 2. The molecule has 2 aromatic carbocycles. The van der Waals surface area contributed by atoms with Gasteiger partial charge in [0.1, 0.15) is 5.82 Å². The van der Waals surface area contributed by atoms with E-state index in [2.05, 4.69) is 0 Å². The number of carboxylic acids is 1. The minimum Gasteiger partial charge on any atom is -0.478 e. The Morgan fingerprint density at radius 2 is 1.70 bits per heavy atom. The van der Waals surface area contributed by atoms with Crippen LogP contribution in [0.2, 0.25) is 0 Å². The molecule has 3 rings (SSSR count). The summed E-state index contributed by atoms with van der Waals surface area (Å²) in [4.78, 5) is 11.0. The van der Waals surface area contributed by atoms with Crippen LogP contribution in [0.5, 0.6) is 0 Å². The first-order valence-electron chi connectivity index (χ1n) is 7.43. The Balaban J connectivity index is 2.06. The molecule has 0 amide bonds. The Labute approximate surface area is 134 Å². The number of hydrogen-bond donors (Lipinski definition) is 1. The summed E-state index contributed by atoms with van der Waals surface area (Å²) in [5.41, 5.74) is -0.655. The number of hydrogen-bond acceptors (Lipinski definition) is 3. The van der Waals surface area contributed by atoms with E-state index in [4.69, 9.17) is 14.4 Å². The van der Waals surface area contributed by atoms with Gasteiger partial charge in [0.25, 0.3) is 0 Å². The van der Waals surface area contributed by atoms with Crippen LogP contribution in [0, 0.1) is 5.82 Å². The second-order valence-electron chi connectivity index (χ2n) is 6.80. The van der Waals surface area contributed by atoms with Crippen molar-refractivity contribution in [2.45, 2.75) is 38.9 Å². The van der Waals surface area contributed by atoms with Crippen molar-refractivity contribution in [3.8, 4) is 0 Å². The summed E-state index contributed by atoms with van der Waals surface area (Å²) in [5.74, 6) is -1.49. The van der Waals surface area contributed by atoms with Crippen LogP contribution < -0.4 is 5.46 Å². The fourth-order valence-electron chi connectivity index (χ4n) is 2.59. The smallest absolute Gasteiger partial charge is 0.478 e. The van der Waals surface area contributed by atoms with Crippen molar-refractivity contribution < 1.29 is 23.6 Å². The Hall–Kier alpha value is -1.92. The molecule has 0 saturated carbocycles. The summed E-state index contributed by atoms with van der Waals surface area (Å²) in [5, 5.41) is 9.90. The third kappa shape index (κ3) is 2.52. The predicted molar refractivity (Wildman–Crippen MR) is 86.6 cm³/mol. The lowest BCUT2D eigenvalue weighted by Crippen LogP contribution is -2.41. The minimum absolute atomic E-state index is 0.125. The molecule has 0 unspecified atom stereocenters. The molecule has 1 heterocycles. The fourth-order valence-corrected chi connectivity index (χ4v) is 2.59. The maximum Gasteiger partial charge on any atom is 0.497 e. The fraction of sp³-hybridized carbons (Fsp3) is 0.353. The van der Waals surface area contributed by atoms with Gasteiger partial charge < -0.3 is 14.4 Å². The highest BCUT2D eigenvalue weighted by molar-refractivity contribution is 6.62. The van der Waals surface area contributed by atoms with Crippen molar-refractivity contribution in [2.75, 3.05) is 0 Å². The highest BCUT2D eigenvalue weighted by Crippen LogP contribution is 2.37. The third-order valence-corrected chi connectivity index (χ3v) is 4.74. The third-order valence-electron chi connectivity index (χ3n) is 4.74. The highest BCUT2D eigenvalue weighted by atomic mass is 19.1. The van der Waals surface area contributed by atoms with Gasteiger partial charge in [0, 0.05) is 10.8 Å². The summed E-state index contributed by atoms with van der Waals surface area (Å²) < 4.78 is 26.6. The van der Waals surface area contributed by atoms with E-state index in [0.717, 1.165) is 0 Å². The Morgan fingerprint density at radius 3 is 2.26 bits per heavy atom. The molecule has 1 N–H and O–H groups in total. The summed E-state index contributed by atoms with van der Waals surface area (Å²) in [7, 11) is -0.788. The van der Waals surface area contributed by atoms with E-state index in [1.165, 1.54) is 18.2 Å². The molecule has 1 fully saturated rings. The molecule has 1 aliphatic heterocycles. The number of carbonyl (C=O) groups is 1. The second-order valence-corrected chi connectivity index (χ2v) is 6.80. The van der Waals surface area contributed by atoms with E-state index in [9.17, 15) is 9.18 Å². The van der Waals surface area contributed by atoms with Crippen LogP contribution >= 0.6 is 0 Å². The molecule has 1 aliphatic rings. The van der Waals surface area contributed by atoms with Crippen LogP contribution in [0.15, 0.2) is 30.3 Å². The summed E-state index contributed by atoms with van der Waals surface area (Å²) in [6, 6.07) is 7.59. The molecule has 0 spiro atoms. The van der Waals surface area contributed by atoms with Crippen molar-refractivity contribution in [3.05, 3.63) is 41.7 Å². The van der Waals surface area contributed by atoms with E-state index < -0.39 is 30.1 Å². The molecule has 120 valence electrons. The summed E-state index contributed by atoms with van der Waals surface area (Å²) >= 11 is 0. The minimum atomic E-state index is -1.04. The molecular weight excluding hydrogens is 298 g/mol. The maximum atomic E-state index is 14.9. The lowest BCUT2D eigenvalue weighted by molar-refractivity contribution is 0.00578. The van der Waals surface area contributed by atoms with E-state index in [0.29, 0.717) is 16.2 Å². The van der Waals surface area contributed by atoms with Crippen LogP contribution in [0.4, 0.5) is 4.39 Å². The molecule has 1 saturated heterocycles. The van der Waals surface area contributed by atoms with E-state index in [1.54, 1.807) is 12.1 Å². The molecule has 0 aromatic heterocycles. The van der Waals surface area contributed by atoms with Crippen LogP contribution in [0.1, 0.15) is 38.1 Å². The quantitative estimate of drug-likeness (QED) is 0.866. The standard InChI is InChI=1S/C17H18BFO4/c1-16(2)17(3,4)23-18(22-16)13-8-6-10-9-11(15(20)21)5-7-12(10)14(13)19/h5-9H,1-4H3,(H,20,21). The van der Waals surface area contributed by atoms with Crippen molar-refractivity contribution in [1.29, 1.82) is 0 Å². The maximum absolute atomic E-state index is 14.9. The summed E-state index contributed by atoms with van der Waals surface area (Å²) in [6.45, 7) is 7.63. The van der Waals surface area contributed by atoms with Crippen molar-refractivity contribution >= 4 is 29.3 Å². The van der Waals surface area contributed by atoms with Crippen LogP contribution in [-0.2, 0) is 9.31 Å². The van der Waals surface area contributed by atoms with E-state index in [-0.39, 0.29) is 5.56 Å². The van der Waals surface area contributed by atoms with Crippen LogP contribution in [0.25, 0.3) is 10.8 Å². The zero-order valence-electron chi connectivity index (χ0n) is 13.5. The van der Waals surface area contributed by atoms with Crippen molar-refractivity contribution in [3.63, 3.8) is 0 Å². The zero-order chi connectivity index (χ0) is 17.0. The van der Waals surface area contributed by atoms with Gasteiger partial charge in [-0.3, -0.25) is 0 Å². The first kappa shape index (κ1) is 16.0. The molecule has 6 heteroatoms. The predicted octanol–water partition coefficient (Wildman–Crippen LogP) is 2.98. The largest absolute Gasteiger partial charge is 0.497 e. The number of aromatic carboxylic acids is 1. The Bertz CT molecular complexity index is 785. The van der Waals surface area contributed by atoms with Gasteiger partial charge in [-0.15, -0.1) is 0 Å². The van der Waals surface area contributed by atoms with Gasteiger partial charge in [-0.1, -0.05) is 18.2 Å². The van der Waals surface area contributed by atoms with Crippen molar-refractivity contribution in [1.82, 2.24) is 0 Å². The monoisotopic (exact) mass is 316 g/mol. The topological polar surface area (TPSA) is 55.8 Å². The lowest BCUT2D eigenvalue weighted by atomic mass is 9.77. The SMILES string of the molecule is CC1(C)OB(c2ccc3cc(C(=O)O)ccc3c2F)OC1(C)C. The first-order valence-corrected chi connectivity index (χ1v) is 7.43. The molecule has 23 heavy (non-hydrogen) atoms.